The molecule has 0 fully saturated rings. The van der Waals surface area contributed by atoms with Crippen LogP contribution in [0.25, 0.3) is 0 Å². The van der Waals surface area contributed by atoms with Crippen LogP contribution in [0.15, 0.2) is 60.8 Å². The quantitative estimate of drug-likeness (QED) is 0.615. The van der Waals surface area contributed by atoms with Crippen molar-refractivity contribution < 1.29 is 4.79 Å². The van der Waals surface area contributed by atoms with Crippen molar-refractivity contribution in [3.05, 3.63) is 75.7 Å². The number of nitrogens with zero attached hydrogens (tertiary/aromatic N) is 1. The molecule has 0 unspecified atom stereocenters. The van der Waals surface area contributed by atoms with E-state index in [4.69, 9.17) is 11.6 Å². The third-order valence-electron chi connectivity index (χ3n) is 3.64. The van der Waals surface area contributed by atoms with Gasteiger partial charge in [0.05, 0.1) is 6.54 Å². The molecule has 25 heavy (non-hydrogen) atoms. The van der Waals surface area contributed by atoms with E-state index in [0.717, 1.165) is 22.7 Å². The van der Waals surface area contributed by atoms with Crippen LogP contribution < -0.4 is 10.6 Å². The summed E-state index contributed by atoms with van der Waals surface area (Å²) in [6, 6.07) is 17.7. The highest BCUT2D eigenvalue weighted by atomic mass is 35.5. The molecule has 128 valence electrons. The summed E-state index contributed by atoms with van der Waals surface area (Å²) in [6.07, 6.45) is 2.97. The molecule has 0 aliphatic carbocycles. The third-order valence-corrected chi connectivity index (χ3v) is 4.76. The Kier molecular flexibility index (Phi) is 6.04. The van der Waals surface area contributed by atoms with Crippen LogP contribution in [0, 0.1) is 0 Å². The zero-order valence-corrected chi connectivity index (χ0v) is 15.1. The van der Waals surface area contributed by atoms with Crippen LogP contribution in [-0.4, -0.2) is 10.9 Å². The van der Waals surface area contributed by atoms with Gasteiger partial charge in [-0.3, -0.25) is 4.79 Å². The number of nitrogens with one attached hydrogen (secondary N) is 2. The Labute approximate surface area is 155 Å². The van der Waals surface area contributed by atoms with Crippen LogP contribution in [0.3, 0.4) is 0 Å². The molecule has 0 radical (unpaired) electrons. The largest absolute Gasteiger partial charge is 0.380 e. The molecule has 0 saturated carbocycles. The van der Waals surface area contributed by atoms with E-state index in [-0.39, 0.29) is 5.91 Å². The topological polar surface area (TPSA) is 54.0 Å². The summed E-state index contributed by atoms with van der Waals surface area (Å²) in [5.74, 6) is 0.0175. The first-order valence-electron chi connectivity index (χ1n) is 7.97. The Morgan fingerprint density at radius 1 is 1.04 bits per heavy atom. The summed E-state index contributed by atoms with van der Waals surface area (Å²) in [4.78, 5) is 17.1. The van der Waals surface area contributed by atoms with Crippen molar-refractivity contribution in [2.24, 2.45) is 0 Å². The van der Waals surface area contributed by atoms with E-state index in [1.807, 2.05) is 54.6 Å². The molecule has 6 heteroatoms. The first-order valence-corrected chi connectivity index (χ1v) is 9.16. The molecule has 4 nitrogen and oxygen atoms in total. The number of carbonyl (C=O) groups is 1. The number of hydrogen-bond acceptors (Lipinski definition) is 4. The predicted octanol–water partition coefficient (Wildman–Crippen LogP) is 4.98. The highest BCUT2D eigenvalue weighted by Gasteiger charge is 2.04. The molecule has 1 aromatic heterocycles. The van der Waals surface area contributed by atoms with Gasteiger partial charge in [-0.1, -0.05) is 41.9 Å². The lowest BCUT2D eigenvalue weighted by Gasteiger charge is -2.08. The monoisotopic (exact) mass is 371 g/mol. The molecule has 1 amide bonds. The number of amides is 1. The van der Waals surface area contributed by atoms with Crippen molar-refractivity contribution in [1.82, 2.24) is 4.98 Å². The second-order valence-corrected chi connectivity index (χ2v) is 7.24. The third kappa shape index (κ3) is 5.59. The van der Waals surface area contributed by atoms with Crippen LogP contribution in [0.5, 0.6) is 0 Å². The van der Waals surface area contributed by atoms with Crippen LogP contribution in [-0.2, 0) is 17.8 Å². The molecule has 1 heterocycles. The molecule has 3 rings (SSSR count). The molecule has 0 spiro atoms. The first-order chi connectivity index (χ1) is 12.2. The van der Waals surface area contributed by atoms with E-state index < -0.39 is 0 Å². The second-order valence-electron chi connectivity index (χ2n) is 5.54. The highest BCUT2D eigenvalue weighted by molar-refractivity contribution is 7.15. The molecule has 2 aromatic carbocycles. The molecule has 0 bridgehead atoms. The molecular weight excluding hydrogens is 354 g/mol. The smallest absolute Gasteiger partial charge is 0.224 e. The standard InChI is InChI=1S/C19H18ClN3OS/c20-19-22-13-17(25-19)12-21-15-7-9-16(10-8-15)23-18(24)11-6-14-4-2-1-3-5-14/h1-5,7-10,13,21H,6,11-12H2,(H,23,24). The van der Waals surface area contributed by atoms with E-state index in [1.165, 1.54) is 16.9 Å². The van der Waals surface area contributed by atoms with Crippen molar-refractivity contribution in [1.29, 1.82) is 0 Å². The number of carbonyl (C=O) groups excluding carboxylic acids is 1. The molecular formula is C19H18ClN3OS. The van der Waals surface area contributed by atoms with Gasteiger partial charge in [0.15, 0.2) is 4.47 Å². The maximum Gasteiger partial charge on any atom is 0.224 e. The Bertz CT molecular complexity index is 818. The Morgan fingerprint density at radius 2 is 1.76 bits per heavy atom. The lowest BCUT2D eigenvalue weighted by Crippen LogP contribution is -2.12. The molecule has 0 aliphatic heterocycles. The maximum atomic E-state index is 12.0. The number of benzene rings is 2. The normalized spacial score (nSPS) is 10.4. The van der Waals surface area contributed by atoms with Crippen molar-refractivity contribution in [3.63, 3.8) is 0 Å². The highest BCUT2D eigenvalue weighted by Crippen LogP contribution is 2.20. The Balaban J connectivity index is 1.46. The number of hydrogen-bond donors (Lipinski definition) is 2. The predicted molar refractivity (Wildman–Crippen MR) is 104 cm³/mol. The SMILES string of the molecule is O=C(CCc1ccccc1)Nc1ccc(NCc2cnc(Cl)s2)cc1. The summed E-state index contributed by atoms with van der Waals surface area (Å²) >= 11 is 7.27. The minimum absolute atomic E-state index is 0.0175. The van der Waals surface area contributed by atoms with Gasteiger partial charge in [-0.05, 0) is 36.2 Å². The van der Waals surface area contributed by atoms with Gasteiger partial charge in [-0.15, -0.1) is 11.3 Å². The zero-order valence-electron chi connectivity index (χ0n) is 13.5. The number of aromatic nitrogens is 1. The number of rotatable bonds is 7. The van der Waals surface area contributed by atoms with Gasteiger partial charge in [-0.2, -0.15) is 0 Å². The lowest BCUT2D eigenvalue weighted by molar-refractivity contribution is -0.116. The van der Waals surface area contributed by atoms with Gasteiger partial charge in [0.25, 0.3) is 0 Å². The zero-order chi connectivity index (χ0) is 17.5. The Hall–Kier alpha value is -2.37. The summed E-state index contributed by atoms with van der Waals surface area (Å²) in [5.41, 5.74) is 2.94. The fraction of sp³-hybridized carbons (Fsp3) is 0.158. The van der Waals surface area contributed by atoms with Crippen molar-refractivity contribution in [2.45, 2.75) is 19.4 Å². The van der Waals surface area contributed by atoms with Gasteiger partial charge >= 0.3 is 0 Å². The number of thiazole rings is 1. The molecule has 0 atom stereocenters. The van der Waals surface area contributed by atoms with Gasteiger partial charge in [0, 0.05) is 28.9 Å². The van der Waals surface area contributed by atoms with E-state index in [9.17, 15) is 4.79 Å². The number of aryl methyl sites for hydroxylation is 1. The molecule has 2 N–H and O–H groups in total. The van der Waals surface area contributed by atoms with Gasteiger partial charge in [0.1, 0.15) is 0 Å². The summed E-state index contributed by atoms with van der Waals surface area (Å²) in [7, 11) is 0. The summed E-state index contributed by atoms with van der Waals surface area (Å²) in [6.45, 7) is 0.674. The van der Waals surface area contributed by atoms with Gasteiger partial charge < -0.3 is 10.6 Å². The van der Waals surface area contributed by atoms with Crippen molar-refractivity contribution in [2.75, 3.05) is 10.6 Å². The second kappa shape index (κ2) is 8.65. The molecule has 3 aromatic rings. The van der Waals surface area contributed by atoms with Crippen LogP contribution in [0.1, 0.15) is 16.9 Å². The lowest BCUT2D eigenvalue weighted by atomic mass is 10.1. The van der Waals surface area contributed by atoms with Gasteiger partial charge in [-0.25, -0.2) is 4.98 Å². The summed E-state index contributed by atoms with van der Waals surface area (Å²) < 4.78 is 0.547. The van der Waals surface area contributed by atoms with Crippen LogP contribution >= 0.6 is 22.9 Å². The Morgan fingerprint density at radius 3 is 2.44 bits per heavy atom. The molecule has 0 saturated heterocycles. The maximum absolute atomic E-state index is 12.0. The minimum atomic E-state index is 0.0175. The van der Waals surface area contributed by atoms with Gasteiger partial charge in [0.2, 0.25) is 5.91 Å². The van der Waals surface area contributed by atoms with Crippen molar-refractivity contribution in [3.8, 4) is 0 Å². The minimum Gasteiger partial charge on any atom is -0.380 e. The average molecular weight is 372 g/mol. The van der Waals surface area contributed by atoms with E-state index in [1.54, 1.807) is 6.20 Å². The first kappa shape index (κ1) is 17.5. The number of anilines is 2. The van der Waals surface area contributed by atoms with E-state index >= 15 is 0 Å². The fourth-order valence-corrected chi connectivity index (χ4v) is 3.27. The molecule has 0 aliphatic rings. The van der Waals surface area contributed by atoms with Crippen molar-refractivity contribution >= 4 is 40.2 Å². The van der Waals surface area contributed by atoms with E-state index in [0.29, 0.717) is 17.4 Å². The van der Waals surface area contributed by atoms with E-state index in [2.05, 4.69) is 15.6 Å². The average Bonchev–Trinajstić information content (AvgIpc) is 3.06. The van der Waals surface area contributed by atoms with Crippen LogP contribution in [0.4, 0.5) is 11.4 Å². The van der Waals surface area contributed by atoms with Crippen LogP contribution in [0.2, 0.25) is 4.47 Å². The number of halogens is 1. The fourth-order valence-electron chi connectivity index (χ4n) is 2.35. The summed E-state index contributed by atoms with van der Waals surface area (Å²) in [5, 5.41) is 6.22.